The van der Waals surface area contributed by atoms with Crippen LogP contribution in [0.2, 0.25) is 0 Å². The second kappa shape index (κ2) is 9.74. The second-order valence-corrected chi connectivity index (χ2v) is 6.87. The van der Waals surface area contributed by atoms with Crippen molar-refractivity contribution in [3.8, 4) is 5.75 Å². The third kappa shape index (κ3) is 4.35. The first-order valence-electron chi connectivity index (χ1n) is 9.50. The van der Waals surface area contributed by atoms with E-state index in [1.54, 1.807) is 42.5 Å². The molecule has 1 fully saturated rings. The van der Waals surface area contributed by atoms with Gasteiger partial charge in [0.05, 0.1) is 7.11 Å². The Morgan fingerprint density at radius 3 is 2.30 bits per heavy atom. The lowest BCUT2D eigenvalue weighted by Crippen LogP contribution is -2.41. The van der Waals surface area contributed by atoms with Crippen LogP contribution in [0.25, 0.3) is 0 Å². The van der Waals surface area contributed by atoms with E-state index >= 15 is 0 Å². The number of amides is 1. The summed E-state index contributed by atoms with van der Waals surface area (Å²) in [6.45, 7) is 13.6. The van der Waals surface area contributed by atoms with Crippen molar-refractivity contribution in [2.24, 2.45) is 0 Å². The van der Waals surface area contributed by atoms with Gasteiger partial charge in [-0.15, -0.1) is 0 Å². The van der Waals surface area contributed by atoms with E-state index < -0.39 is 11.7 Å². The predicted octanol–water partition coefficient (Wildman–Crippen LogP) is 5.29. The van der Waals surface area contributed by atoms with E-state index in [9.17, 15) is 9.59 Å². The highest BCUT2D eigenvalue weighted by Crippen LogP contribution is 2.45. The molecule has 0 bridgehead atoms. The van der Waals surface area contributed by atoms with Crippen molar-refractivity contribution in [1.82, 2.24) is 5.32 Å². The van der Waals surface area contributed by atoms with Crippen LogP contribution in [0, 0.1) is 0 Å². The number of ether oxygens (including phenoxy) is 2. The van der Waals surface area contributed by atoms with E-state index in [2.05, 4.69) is 23.2 Å². The third-order valence-electron chi connectivity index (χ3n) is 4.72. The van der Waals surface area contributed by atoms with Crippen LogP contribution in [0.15, 0.2) is 96.2 Å². The summed E-state index contributed by atoms with van der Waals surface area (Å²) in [7, 11) is 1.25. The zero-order chi connectivity index (χ0) is 22.3. The van der Waals surface area contributed by atoms with Gasteiger partial charge in [0.25, 0.3) is 5.91 Å². The van der Waals surface area contributed by atoms with Gasteiger partial charge in [-0.2, -0.15) is 0 Å². The van der Waals surface area contributed by atoms with E-state index in [4.69, 9.17) is 4.74 Å². The quantitative estimate of drug-likeness (QED) is 0.302. The zero-order valence-electron chi connectivity index (χ0n) is 17.8. The summed E-state index contributed by atoms with van der Waals surface area (Å²) in [6.07, 6.45) is 10.1. The minimum absolute atomic E-state index is 0.206. The highest BCUT2D eigenvalue weighted by Gasteiger charge is 2.48. The van der Waals surface area contributed by atoms with Gasteiger partial charge in [0.15, 0.2) is 0 Å². The molecule has 1 amide bonds. The molecule has 1 aromatic rings. The Labute approximate surface area is 177 Å². The van der Waals surface area contributed by atoms with Gasteiger partial charge in [-0.25, -0.2) is 4.79 Å². The fraction of sp³-hybridized carbons (Fsp3) is 0.200. The Bertz CT molecular complexity index is 973. The zero-order valence-corrected chi connectivity index (χ0v) is 17.8. The van der Waals surface area contributed by atoms with Crippen LogP contribution < -0.4 is 10.1 Å². The number of hydrogen-bond acceptors (Lipinski definition) is 4. The monoisotopic (exact) mass is 405 g/mol. The Morgan fingerprint density at radius 2 is 1.80 bits per heavy atom. The van der Waals surface area contributed by atoms with Crippen LogP contribution in [-0.2, 0) is 15.1 Å². The largest absolute Gasteiger partial charge is 0.513 e. The van der Waals surface area contributed by atoms with Crippen molar-refractivity contribution in [2.75, 3.05) is 7.11 Å². The number of methoxy groups -OCH3 is 1. The van der Waals surface area contributed by atoms with Gasteiger partial charge in [0, 0.05) is 5.57 Å². The first-order chi connectivity index (χ1) is 14.3. The Balaban J connectivity index is 2.74. The Hall–Kier alpha value is -3.60. The molecule has 1 unspecified atom stereocenters. The fourth-order valence-corrected chi connectivity index (χ4v) is 3.42. The smallest absolute Gasteiger partial charge is 0.437 e. The average Bonchev–Trinajstić information content (AvgIpc) is 3.01. The molecule has 1 N–H and O–H groups in total. The highest BCUT2D eigenvalue weighted by molar-refractivity contribution is 6.04. The van der Waals surface area contributed by atoms with Gasteiger partial charge in [-0.05, 0) is 55.7 Å². The fourth-order valence-electron chi connectivity index (χ4n) is 3.42. The summed E-state index contributed by atoms with van der Waals surface area (Å²) < 4.78 is 9.61. The average molecular weight is 405 g/mol. The molecule has 5 nitrogen and oxygen atoms in total. The van der Waals surface area contributed by atoms with Crippen LogP contribution in [0.5, 0.6) is 5.75 Å². The molecule has 1 aliphatic rings. The van der Waals surface area contributed by atoms with Crippen LogP contribution in [0.4, 0.5) is 4.79 Å². The molecule has 30 heavy (non-hydrogen) atoms. The Morgan fingerprint density at radius 1 is 1.13 bits per heavy atom. The first-order valence-corrected chi connectivity index (χ1v) is 9.50. The maximum absolute atomic E-state index is 12.9. The van der Waals surface area contributed by atoms with E-state index in [-0.39, 0.29) is 5.91 Å². The maximum atomic E-state index is 12.9. The van der Waals surface area contributed by atoms with Gasteiger partial charge >= 0.3 is 6.16 Å². The van der Waals surface area contributed by atoms with Crippen molar-refractivity contribution in [1.29, 1.82) is 0 Å². The number of carbonyl (C=O) groups excluding carboxylic acids is 2. The summed E-state index contributed by atoms with van der Waals surface area (Å²) in [5.74, 6) is 0.130. The molecular weight excluding hydrogens is 378 g/mol. The maximum Gasteiger partial charge on any atom is 0.513 e. The summed E-state index contributed by atoms with van der Waals surface area (Å²) in [5.41, 5.74) is 3.09. The van der Waals surface area contributed by atoms with Gasteiger partial charge in [-0.3, -0.25) is 4.79 Å². The molecule has 0 radical (unpaired) electrons. The number of nitrogens with one attached hydrogen (secondary N) is 1. The van der Waals surface area contributed by atoms with Crippen LogP contribution in [-0.4, -0.2) is 19.2 Å². The summed E-state index contributed by atoms with van der Waals surface area (Å²) >= 11 is 0. The molecule has 1 saturated heterocycles. The normalized spacial score (nSPS) is 21.2. The van der Waals surface area contributed by atoms with Gasteiger partial charge in [0.1, 0.15) is 11.3 Å². The topological polar surface area (TPSA) is 64.6 Å². The SMILES string of the molecule is C=C/C=C1/C(=O)NC(/C(C=C)=C/C=C(C)C)(c2ccc(OC(=O)OC)cc2)/C1=C/C. The van der Waals surface area contributed by atoms with Crippen molar-refractivity contribution in [3.05, 3.63) is 102 Å². The van der Waals surface area contributed by atoms with Crippen molar-refractivity contribution >= 4 is 12.1 Å². The van der Waals surface area contributed by atoms with E-state index in [0.717, 1.165) is 22.3 Å². The van der Waals surface area contributed by atoms with Gasteiger partial charge in [-0.1, -0.05) is 61.2 Å². The molecule has 1 atom stereocenters. The summed E-state index contributed by atoms with van der Waals surface area (Å²) in [4.78, 5) is 24.3. The van der Waals surface area contributed by atoms with E-state index in [0.29, 0.717) is 11.3 Å². The highest BCUT2D eigenvalue weighted by atomic mass is 16.7. The lowest BCUT2D eigenvalue weighted by molar-refractivity contribution is -0.117. The number of hydrogen-bond donors (Lipinski definition) is 1. The molecule has 0 saturated carbocycles. The molecule has 2 rings (SSSR count). The first kappa shape index (κ1) is 22.7. The molecule has 5 heteroatoms. The third-order valence-corrected chi connectivity index (χ3v) is 4.72. The van der Waals surface area contributed by atoms with Crippen LogP contribution >= 0.6 is 0 Å². The number of carbonyl (C=O) groups is 2. The lowest BCUT2D eigenvalue weighted by atomic mass is 9.76. The van der Waals surface area contributed by atoms with E-state index in [1.165, 1.54) is 7.11 Å². The van der Waals surface area contributed by atoms with Crippen molar-refractivity contribution < 1.29 is 19.1 Å². The molecule has 0 aromatic heterocycles. The standard InChI is InChI=1S/C25H27NO4/c1-7-10-21-22(9-3)25(26-23(21)27,18(8-2)12-11-17(4)5)19-13-15-20(16-14-19)30-24(28)29-6/h7-16H,1-2H2,3-6H3,(H,26,27)/b18-12+,21-10+,22-9+. The minimum Gasteiger partial charge on any atom is -0.437 e. The number of rotatable bonds is 6. The molecular formula is C25H27NO4. The lowest BCUT2D eigenvalue weighted by Gasteiger charge is -2.33. The van der Waals surface area contributed by atoms with E-state index in [1.807, 2.05) is 39.0 Å². The molecule has 156 valence electrons. The Kier molecular flexibility index (Phi) is 7.37. The number of allylic oxidation sites excluding steroid dienone is 6. The molecule has 1 aliphatic heterocycles. The van der Waals surface area contributed by atoms with Gasteiger partial charge in [0.2, 0.25) is 0 Å². The summed E-state index contributed by atoms with van der Waals surface area (Å²) in [6, 6.07) is 6.92. The van der Waals surface area contributed by atoms with Gasteiger partial charge < -0.3 is 14.8 Å². The second-order valence-electron chi connectivity index (χ2n) is 6.87. The molecule has 0 aliphatic carbocycles. The summed E-state index contributed by atoms with van der Waals surface area (Å²) in [5, 5.41) is 3.14. The van der Waals surface area contributed by atoms with Crippen molar-refractivity contribution in [3.63, 3.8) is 0 Å². The molecule has 1 heterocycles. The number of benzene rings is 1. The minimum atomic E-state index is -0.946. The predicted molar refractivity (Wildman–Crippen MR) is 119 cm³/mol. The molecule has 1 aromatic carbocycles. The van der Waals surface area contributed by atoms with Crippen LogP contribution in [0.3, 0.4) is 0 Å². The van der Waals surface area contributed by atoms with Crippen molar-refractivity contribution in [2.45, 2.75) is 26.3 Å². The van der Waals surface area contributed by atoms with Crippen LogP contribution in [0.1, 0.15) is 26.3 Å². The molecule has 0 spiro atoms.